The molecule has 0 heterocycles. The Kier molecular flexibility index (Phi) is 9.61. The molecule has 0 saturated carbocycles. The summed E-state index contributed by atoms with van der Waals surface area (Å²) in [6.07, 6.45) is 11.6. The van der Waals surface area contributed by atoms with Gasteiger partial charge in [0, 0.05) is 0 Å². The van der Waals surface area contributed by atoms with E-state index in [0.717, 1.165) is 35.5 Å². The maximum Gasteiger partial charge on any atom is 0.129 e. The number of aromatic hydroxyl groups is 2. The molecule has 0 spiro atoms. The van der Waals surface area contributed by atoms with Crippen LogP contribution < -0.4 is 0 Å². The van der Waals surface area contributed by atoms with Gasteiger partial charge in [0.05, 0.1) is 9.79 Å². The standard InChI is InChI=1S/C24H34O2S/c1-3-5-7-9-13-19-15-11-17-21(25)23(19)27-24-20(14-10-8-6-4-2)16-12-18-22(24)26/h11-12,15-18,25-26H,3-10,13-14H2,1-2H3. The van der Waals surface area contributed by atoms with E-state index in [4.69, 9.17) is 0 Å². The highest BCUT2D eigenvalue weighted by Gasteiger charge is 2.15. The largest absolute Gasteiger partial charge is 0.507 e. The molecule has 0 aliphatic carbocycles. The third kappa shape index (κ3) is 6.80. The van der Waals surface area contributed by atoms with Crippen LogP contribution in [0.5, 0.6) is 11.5 Å². The summed E-state index contributed by atoms with van der Waals surface area (Å²) in [5.41, 5.74) is 2.35. The minimum absolute atomic E-state index is 0.313. The number of aryl methyl sites for hydroxylation is 2. The zero-order valence-corrected chi connectivity index (χ0v) is 17.7. The van der Waals surface area contributed by atoms with E-state index in [1.807, 2.05) is 12.1 Å². The average molecular weight is 387 g/mol. The molecule has 148 valence electrons. The van der Waals surface area contributed by atoms with Crippen LogP contribution >= 0.6 is 11.8 Å². The molecular formula is C24H34O2S. The van der Waals surface area contributed by atoms with Crippen LogP contribution in [-0.4, -0.2) is 10.2 Å². The van der Waals surface area contributed by atoms with Gasteiger partial charge in [-0.3, -0.25) is 0 Å². The predicted molar refractivity (Wildman–Crippen MR) is 116 cm³/mol. The summed E-state index contributed by atoms with van der Waals surface area (Å²) in [4.78, 5) is 1.79. The van der Waals surface area contributed by atoms with Gasteiger partial charge in [0.1, 0.15) is 11.5 Å². The number of hydrogen-bond acceptors (Lipinski definition) is 3. The lowest BCUT2D eigenvalue weighted by molar-refractivity contribution is 0.457. The monoisotopic (exact) mass is 386 g/mol. The van der Waals surface area contributed by atoms with E-state index < -0.39 is 0 Å². The van der Waals surface area contributed by atoms with Crippen LogP contribution in [0.15, 0.2) is 46.2 Å². The van der Waals surface area contributed by atoms with Crippen LogP contribution in [0.2, 0.25) is 0 Å². The maximum atomic E-state index is 10.5. The smallest absolute Gasteiger partial charge is 0.129 e. The molecule has 0 saturated heterocycles. The molecule has 0 bridgehead atoms. The molecule has 0 unspecified atom stereocenters. The number of phenols is 2. The number of benzene rings is 2. The molecule has 0 aliphatic heterocycles. The highest BCUT2D eigenvalue weighted by molar-refractivity contribution is 7.99. The lowest BCUT2D eigenvalue weighted by atomic mass is 10.1. The Morgan fingerprint density at radius 3 is 1.48 bits per heavy atom. The number of unbranched alkanes of at least 4 members (excludes halogenated alkanes) is 6. The van der Waals surface area contributed by atoms with Crippen LogP contribution in [0, 0.1) is 0 Å². The van der Waals surface area contributed by atoms with E-state index >= 15 is 0 Å². The molecule has 0 radical (unpaired) electrons. The molecule has 2 N–H and O–H groups in total. The Bertz CT molecular complexity index is 637. The van der Waals surface area contributed by atoms with E-state index in [0.29, 0.717) is 11.5 Å². The lowest BCUT2D eigenvalue weighted by Crippen LogP contribution is -1.93. The molecule has 0 amide bonds. The van der Waals surface area contributed by atoms with Crippen molar-refractivity contribution in [2.75, 3.05) is 0 Å². The zero-order chi connectivity index (χ0) is 19.5. The van der Waals surface area contributed by atoms with Crippen molar-refractivity contribution in [1.29, 1.82) is 0 Å². The normalized spacial score (nSPS) is 11.0. The second-order valence-corrected chi connectivity index (χ2v) is 8.27. The average Bonchev–Trinajstić information content (AvgIpc) is 2.66. The van der Waals surface area contributed by atoms with Gasteiger partial charge in [-0.15, -0.1) is 0 Å². The van der Waals surface area contributed by atoms with Gasteiger partial charge >= 0.3 is 0 Å². The summed E-state index contributed by atoms with van der Waals surface area (Å²) >= 11 is 1.52. The van der Waals surface area contributed by atoms with E-state index in [1.165, 1.54) is 61.4 Å². The van der Waals surface area contributed by atoms with Gasteiger partial charge in [0.2, 0.25) is 0 Å². The van der Waals surface area contributed by atoms with Crippen molar-refractivity contribution in [2.24, 2.45) is 0 Å². The molecule has 0 aromatic heterocycles. The van der Waals surface area contributed by atoms with Crippen LogP contribution in [-0.2, 0) is 12.8 Å². The predicted octanol–water partition coefficient (Wildman–Crippen LogP) is 7.49. The first-order valence-corrected chi connectivity index (χ1v) is 11.3. The summed E-state index contributed by atoms with van der Waals surface area (Å²) in [5, 5.41) is 21.0. The summed E-state index contributed by atoms with van der Waals surface area (Å²) in [6, 6.07) is 11.6. The van der Waals surface area contributed by atoms with Crippen LogP contribution in [0.25, 0.3) is 0 Å². The molecule has 0 aliphatic rings. The van der Waals surface area contributed by atoms with Crippen molar-refractivity contribution in [3.05, 3.63) is 47.5 Å². The van der Waals surface area contributed by atoms with Crippen LogP contribution in [0.4, 0.5) is 0 Å². The molecule has 2 rings (SSSR count). The molecule has 2 aromatic rings. The van der Waals surface area contributed by atoms with E-state index in [2.05, 4.69) is 26.0 Å². The van der Waals surface area contributed by atoms with E-state index in [-0.39, 0.29) is 0 Å². The zero-order valence-electron chi connectivity index (χ0n) is 16.8. The Morgan fingerprint density at radius 2 is 1.07 bits per heavy atom. The van der Waals surface area contributed by atoms with Gasteiger partial charge in [-0.05, 0) is 48.9 Å². The third-order valence-corrected chi connectivity index (χ3v) is 6.31. The number of rotatable bonds is 12. The number of hydrogen-bond donors (Lipinski definition) is 2. The first kappa shape index (κ1) is 21.7. The van der Waals surface area contributed by atoms with Crippen molar-refractivity contribution in [3.8, 4) is 11.5 Å². The third-order valence-electron chi connectivity index (χ3n) is 4.96. The molecule has 2 nitrogen and oxygen atoms in total. The number of phenolic OH excluding ortho intramolecular Hbond substituents is 2. The second-order valence-electron chi connectivity index (χ2n) is 7.25. The minimum Gasteiger partial charge on any atom is -0.507 e. The summed E-state index contributed by atoms with van der Waals surface area (Å²) in [6.45, 7) is 4.44. The quantitative estimate of drug-likeness (QED) is 0.371. The highest BCUT2D eigenvalue weighted by atomic mass is 32.2. The summed E-state index contributed by atoms with van der Waals surface area (Å²) in [7, 11) is 0. The van der Waals surface area contributed by atoms with E-state index in [1.54, 1.807) is 12.1 Å². The molecule has 0 atom stereocenters. The van der Waals surface area contributed by atoms with Crippen molar-refractivity contribution >= 4 is 11.8 Å². The fourth-order valence-electron chi connectivity index (χ4n) is 3.36. The molecular weight excluding hydrogens is 352 g/mol. The molecule has 0 fully saturated rings. The van der Waals surface area contributed by atoms with Gasteiger partial charge in [-0.1, -0.05) is 88.4 Å². The molecule has 3 heteroatoms. The molecule has 27 heavy (non-hydrogen) atoms. The Labute approximate surface area is 169 Å². The topological polar surface area (TPSA) is 40.5 Å². The van der Waals surface area contributed by atoms with Gasteiger partial charge in [0.15, 0.2) is 0 Å². The summed E-state index contributed by atoms with van der Waals surface area (Å²) < 4.78 is 0. The van der Waals surface area contributed by atoms with Crippen LogP contribution in [0.3, 0.4) is 0 Å². The van der Waals surface area contributed by atoms with Crippen LogP contribution in [0.1, 0.15) is 76.3 Å². The lowest BCUT2D eigenvalue weighted by Gasteiger charge is -2.15. The van der Waals surface area contributed by atoms with Crippen molar-refractivity contribution in [1.82, 2.24) is 0 Å². The van der Waals surface area contributed by atoms with Gasteiger partial charge in [0.25, 0.3) is 0 Å². The fourth-order valence-corrected chi connectivity index (χ4v) is 4.51. The SMILES string of the molecule is CCCCCCc1cccc(O)c1Sc1c(O)cccc1CCCCCC. The fraction of sp³-hybridized carbons (Fsp3) is 0.500. The summed E-state index contributed by atoms with van der Waals surface area (Å²) in [5.74, 6) is 0.626. The maximum absolute atomic E-state index is 10.5. The Balaban J connectivity index is 2.18. The molecule has 2 aromatic carbocycles. The van der Waals surface area contributed by atoms with Crippen molar-refractivity contribution < 1.29 is 10.2 Å². The van der Waals surface area contributed by atoms with Gasteiger partial charge < -0.3 is 10.2 Å². The first-order valence-electron chi connectivity index (χ1n) is 10.5. The van der Waals surface area contributed by atoms with Gasteiger partial charge in [-0.25, -0.2) is 0 Å². The minimum atomic E-state index is 0.313. The van der Waals surface area contributed by atoms with Crippen molar-refractivity contribution in [3.63, 3.8) is 0 Å². The van der Waals surface area contributed by atoms with Crippen molar-refractivity contribution in [2.45, 2.75) is 87.8 Å². The Hall–Kier alpha value is -1.61. The van der Waals surface area contributed by atoms with E-state index in [9.17, 15) is 10.2 Å². The highest BCUT2D eigenvalue weighted by Crippen LogP contribution is 2.43. The second kappa shape index (κ2) is 12.0. The first-order chi connectivity index (χ1) is 13.2. The Morgan fingerprint density at radius 1 is 0.630 bits per heavy atom. The van der Waals surface area contributed by atoms with Gasteiger partial charge in [-0.2, -0.15) is 0 Å².